The van der Waals surface area contributed by atoms with Gasteiger partial charge >= 0.3 is 0 Å². The standard InChI is InChI=1S/C6H13O4S/c1-2-3-6(7)4-5-11(8,9)10/h6-7H,1-5H2,(H,8,9,10). The first-order valence-corrected chi connectivity index (χ1v) is 4.99. The van der Waals surface area contributed by atoms with Crippen molar-refractivity contribution in [2.24, 2.45) is 0 Å². The summed E-state index contributed by atoms with van der Waals surface area (Å²) in [7, 11) is -3.92. The Hall–Kier alpha value is -0.130. The Morgan fingerprint density at radius 3 is 2.27 bits per heavy atom. The summed E-state index contributed by atoms with van der Waals surface area (Å²) >= 11 is 0. The van der Waals surface area contributed by atoms with E-state index in [4.69, 9.17) is 9.66 Å². The second-order valence-electron chi connectivity index (χ2n) is 2.37. The van der Waals surface area contributed by atoms with Gasteiger partial charge in [0.25, 0.3) is 10.1 Å². The number of hydrogen-bond donors (Lipinski definition) is 2. The van der Waals surface area contributed by atoms with Crippen LogP contribution in [-0.2, 0) is 10.1 Å². The van der Waals surface area contributed by atoms with Crippen LogP contribution in [0.25, 0.3) is 0 Å². The summed E-state index contributed by atoms with van der Waals surface area (Å²) in [6, 6.07) is 0. The first-order valence-electron chi connectivity index (χ1n) is 3.38. The monoisotopic (exact) mass is 181 g/mol. The van der Waals surface area contributed by atoms with Crippen LogP contribution >= 0.6 is 0 Å². The highest BCUT2D eigenvalue weighted by atomic mass is 32.2. The summed E-state index contributed by atoms with van der Waals surface area (Å²) in [5.41, 5.74) is 0. The van der Waals surface area contributed by atoms with E-state index in [-0.39, 0.29) is 12.2 Å². The van der Waals surface area contributed by atoms with Crippen LogP contribution in [0, 0.1) is 6.92 Å². The molecule has 0 aliphatic rings. The van der Waals surface area contributed by atoms with Crippen molar-refractivity contribution in [3.05, 3.63) is 6.92 Å². The fraction of sp³-hybridized carbons (Fsp3) is 0.833. The molecule has 1 unspecified atom stereocenters. The SMILES string of the molecule is [CH2]CCC(O)CCS(=O)(=O)O. The van der Waals surface area contributed by atoms with Crippen LogP contribution in [0.4, 0.5) is 0 Å². The molecule has 2 N–H and O–H groups in total. The van der Waals surface area contributed by atoms with Crippen LogP contribution in [0.15, 0.2) is 0 Å². The average Bonchev–Trinajstić information content (AvgIpc) is 1.83. The molecule has 11 heavy (non-hydrogen) atoms. The molecule has 0 rings (SSSR count). The second kappa shape index (κ2) is 4.69. The van der Waals surface area contributed by atoms with Gasteiger partial charge in [-0.15, -0.1) is 0 Å². The summed E-state index contributed by atoms with van der Waals surface area (Å²) in [4.78, 5) is 0. The minimum absolute atomic E-state index is 0.0777. The quantitative estimate of drug-likeness (QED) is 0.596. The third-order valence-electron chi connectivity index (χ3n) is 1.25. The van der Waals surface area contributed by atoms with Gasteiger partial charge in [0.15, 0.2) is 0 Å². The predicted octanol–water partition coefficient (Wildman–Crippen LogP) is 0.239. The molecule has 0 fully saturated rings. The van der Waals surface area contributed by atoms with Gasteiger partial charge < -0.3 is 5.11 Å². The van der Waals surface area contributed by atoms with Crippen LogP contribution in [0.5, 0.6) is 0 Å². The summed E-state index contributed by atoms with van der Waals surface area (Å²) in [6.07, 6.45) is 0.436. The molecule has 0 heterocycles. The highest BCUT2D eigenvalue weighted by Gasteiger charge is 2.09. The van der Waals surface area contributed by atoms with Gasteiger partial charge in [-0.25, -0.2) is 0 Å². The van der Waals surface area contributed by atoms with Gasteiger partial charge in [0.05, 0.1) is 11.9 Å². The van der Waals surface area contributed by atoms with Crippen LogP contribution < -0.4 is 0 Å². The van der Waals surface area contributed by atoms with Crippen molar-refractivity contribution in [3.8, 4) is 0 Å². The van der Waals surface area contributed by atoms with Crippen molar-refractivity contribution in [2.45, 2.75) is 25.4 Å². The lowest BCUT2D eigenvalue weighted by Crippen LogP contribution is -2.13. The maximum atomic E-state index is 10.2. The minimum atomic E-state index is -3.92. The average molecular weight is 181 g/mol. The maximum Gasteiger partial charge on any atom is 0.264 e. The van der Waals surface area contributed by atoms with E-state index in [0.717, 1.165) is 0 Å². The number of rotatable bonds is 5. The smallest absolute Gasteiger partial charge is 0.264 e. The molecule has 0 aliphatic heterocycles. The van der Waals surface area contributed by atoms with Gasteiger partial charge in [-0.3, -0.25) is 4.55 Å². The summed E-state index contributed by atoms with van der Waals surface area (Å²) < 4.78 is 28.6. The Bertz CT molecular complexity index is 185. The van der Waals surface area contributed by atoms with Crippen molar-refractivity contribution < 1.29 is 18.1 Å². The topological polar surface area (TPSA) is 74.6 Å². The largest absolute Gasteiger partial charge is 0.393 e. The van der Waals surface area contributed by atoms with E-state index in [1.54, 1.807) is 0 Å². The van der Waals surface area contributed by atoms with Crippen molar-refractivity contribution in [1.82, 2.24) is 0 Å². The zero-order valence-corrected chi connectivity index (χ0v) is 7.05. The van der Waals surface area contributed by atoms with Gasteiger partial charge in [-0.2, -0.15) is 8.42 Å². The van der Waals surface area contributed by atoms with Crippen LogP contribution in [-0.4, -0.2) is 29.9 Å². The minimum Gasteiger partial charge on any atom is -0.393 e. The molecule has 0 aliphatic carbocycles. The maximum absolute atomic E-state index is 10.2. The lowest BCUT2D eigenvalue weighted by molar-refractivity contribution is 0.161. The molecular weight excluding hydrogens is 168 g/mol. The number of aliphatic hydroxyl groups excluding tert-OH is 1. The Kier molecular flexibility index (Phi) is 4.63. The van der Waals surface area contributed by atoms with E-state index >= 15 is 0 Å². The molecule has 0 saturated heterocycles. The Labute approximate surface area is 67.0 Å². The lowest BCUT2D eigenvalue weighted by Gasteiger charge is -2.06. The first kappa shape index (κ1) is 10.9. The Balaban J connectivity index is 3.54. The Morgan fingerprint density at radius 1 is 1.36 bits per heavy atom. The van der Waals surface area contributed by atoms with E-state index in [2.05, 4.69) is 6.92 Å². The summed E-state index contributed by atoms with van der Waals surface area (Å²) in [5, 5.41) is 9.00. The zero-order valence-electron chi connectivity index (χ0n) is 6.23. The van der Waals surface area contributed by atoms with Crippen LogP contribution in [0.2, 0.25) is 0 Å². The van der Waals surface area contributed by atoms with E-state index in [9.17, 15) is 8.42 Å². The Morgan fingerprint density at radius 2 is 1.91 bits per heavy atom. The molecular formula is C6H13O4S. The predicted molar refractivity (Wildman–Crippen MR) is 41.6 cm³/mol. The third kappa shape index (κ3) is 7.77. The van der Waals surface area contributed by atoms with Crippen molar-refractivity contribution >= 4 is 10.1 Å². The molecule has 1 radical (unpaired) electrons. The molecule has 0 aromatic heterocycles. The van der Waals surface area contributed by atoms with Crippen molar-refractivity contribution in [2.75, 3.05) is 5.75 Å². The molecule has 0 amide bonds. The molecule has 0 bridgehead atoms. The van der Waals surface area contributed by atoms with E-state index in [1.807, 2.05) is 0 Å². The second-order valence-corrected chi connectivity index (χ2v) is 3.94. The lowest BCUT2D eigenvalue weighted by atomic mass is 10.2. The molecule has 0 spiro atoms. The molecule has 1 atom stereocenters. The normalized spacial score (nSPS) is 14.8. The molecule has 0 saturated carbocycles. The highest BCUT2D eigenvalue weighted by molar-refractivity contribution is 7.85. The molecule has 0 aromatic carbocycles. The van der Waals surface area contributed by atoms with Gasteiger partial charge in [0, 0.05) is 0 Å². The summed E-state index contributed by atoms with van der Waals surface area (Å²) in [5.74, 6) is -0.381. The fourth-order valence-corrected chi connectivity index (χ4v) is 1.23. The van der Waals surface area contributed by atoms with Crippen LogP contribution in [0.3, 0.4) is 0 Å². The summed E-state index contributed by atoms with van der Waals surface area (Å²) in [6.45, 7) is 3.50. The van der Waals surface area contributed by atoms with Crippen molar-refractivity contribution in [1.29, 1.82) is 0 Å². The number of aliphatic hydroxyl groups is 1. The van der Waals surface area contributed by atoms with Gasteiger partial charge in [0.2, 0.25) is 0 Å². The number of hydrogen-bond acceptors (Lipinski definition) is 3. The van der Waals surface area contributed by atoms with E-state index in [1.165, 1.54) is 0 Å². The van der Waals surface area contributed by atoms with Crippen LogP contribution in [0.1, 0.15) is 19.3 Å². The molecule has 67 valence electrons. The van der Waals surface area contributed by atoms with Gasteiger partial charge in [-0.1, -0.05) is 13.3 Å². The van der Waals surface area contributed by atoms with Crippen molar-refractivity contribution in [3.63, 3.8) is 0 Å². The molecule has 0 aromatic rings. The fourth-order valence-electron chi connectivity index (χ4n) is 0.665. The molecule has 5 heteroatoms. The first-order chi connectivity index (χ1) is 4.95. The third-order valence-corrected chi connectivity index (χ3v) is 2.00. The van der Waals surface area contributed by atoms with Gasteiger partial charge in [0.1, 0.15) is 0 Å². The highest BCUT2D eigenvalue weighted by Crippen LogP contribution is 2.02. The van der Waals surface area contributed by atoms with E-state index < -0.39 is 16.2 Å². The zero-order chi connectivity index (χ0) is 8.91. The molecule has 4 nitrogen and oxygen atoms in total. The van der Waals surface area contributed by atoms with E-state index in [0.29, 0.717) is 12.8 Å². The van der Waals surface area contributed by atoms with Gasteiger partial charge in [-0.05, 0) is 12.8 Å².